The molecule has 0 aromatic heterocycles. The molecular weight excluding hydrogens is 302 g/mol. The fraction of sp³-hybridized carbons (Fsp3) is 0.375. The van der Waals surface area contributed by atoms with Gasteiger partial charge in [-0.3, -0.25) is 4.79 Å². The van der Waals surface area contributed by atoms with Crippen LogP contribution in [0.15, 0.2) is 23.4 Å². The van der Waals surface area contributed by atoms with Gasteiger partial charge in [0, 0.05) is 11.3 Å². The Morgan fingerprint density at radius 1 is 1.30 bits per heavy atom. The molecule has 23 heavy (non-hydrogen) atoms. The summed E-state index contributed by atoms with van der Waals surface area (Å²) >= 11 is 0. The third-order valence-corrected chi connectivity index (χ3v) is 3.57. The van der Waals surface area contributed by atoms with Crippen LogP contribution >= 0.6 is 0 Å². The van der Waals surface area contributed by atoms with Crippen molar-refractivity contribution in [2.75, 3.05) is 20.8 Å². The molecule has 1 heterocycles. The van der Waals surface area contributed by atoms with E-state index < -0.39 is 18.0 Å². The van der Waals surface area contributed by atoms with Gasteiger partial charge in [0.05, 0.1) is 32.0 Å². The molecule has 1 atom stereocenters. The summed E-state index contributed by atoms with van der Waals surface area (Å²) in [6.45, 7) is 3.36. The summed E-state index contributed by atoms with van der Waals surface area (Å²) in [6, 6.07) is 3.09. The average molecular weight is 321 g/mol. The van der Waals surface area contributed by atoms with E-state index in [1.54, 1.807) is 13.0 Å². The first-order valence-electron chi connectivity index (χ1n) is 7.08. The second kappa shape index (κ2) is 6.70. The number of amides is 1. The Morgan fingerprint density at radius 2 is 2.00 bits per heavy atom. The van der Waals surface area contributed by atoms with Crippen LogP contribution < -0.4 is 14.8 Å². The molecule has 7 heteroatoms. The lowest BCUT2D eigenvalue weighted by Crippen LogP contribution is -2.23. The summed E-state index contributed by atoms with van der Waals surface area (Å²) in [5.41, 5.74) is 0.599. The van der Waals surface area contributed by atoms with Crippen molar-refractivity contribution in [2.45, 2.75) is 20.0 Å². The largest absolute Gasteiger partial charge is 0.493 e. The van der Waals surface area contributed by atoms with E-state index in [0.29, 0.717) is 5.75 Å². The van der Waals surface area contributed by atoms with Crippen molar-refractivity contribution in [1.82, 2.24) is 5.32 Å². The van der Waals surface area contributed by atoms with Crippen LogP contribution in [-0.2, 0) is 9.53 Å². The maximum absolute atomic E-state index is 12.5. The van der Waals surface area contributed by atoms with Crippen LogP contribution in [0.4, 0.5) is 0 Å². The van der Waals surface area contributed by atoms with E-state index in [2.05, 4.69) is 5.32 Å². The molecule has 0 spiro atoms. The van der Waals surface area contributed by atoms with E-state index in [4.69, 9.17) is 14.2 Å². The predicted octanol–water partition coefficient (Wildman–Crippen LogP) is 1.32. The monoisotopic (exact) mass is 321 g/mol. The molecule has 2 N–H and O–H groups in total. The van der Waals surface area contributed by atoms with E-state index in [1.807, 2.05) is 0 Å². The second-order valence-electron chi connectivity index (χ2n) is 4.88. The molecule has 0 saturated heterocycles. The Labute approximate surface area is 133 Å². The molecule has 0 bridgehead atoms. The maximum atomic E-state index is 12.5. The standard InChI is InChI=1S/C16H19NO6/c1-5-23-16(20)11-8(2)17-15(19)12-9(13(11)18)6-7-10(21-3)14(12)22-4/h6-7,13,18H,5H2,1-4H3,(H,17,19)/t13-/m0/s1. The summed E-state index contributed by atoms with van der Waals surface area (Å²) in [7, 11) is 2.85. The highest BCUT2D eigenvalue weighted by Gasteiger charge is 2.34. The number of aliphatic hydroxyl groups excluding tert-OH is 1. The van der Waals surface area contributed by atoms with E-state index in [1.165, 1.54) is 27.2 Å². The summed E-state index contributed by atoms with van der Waals surface area (Å²) in [6.07, 6.45) is -1.32. The lowest BCUT2D eigenvalue weighted by Gasteiger charge is -2.17. The number of hydrogen-bond donors (Lipinski definition) is 2. The minimum absolute atomic E-state index is 0.00818. The molecule has 0 unspecified atom stereocenters. The van der Waals surface area contributed by atoms with Crippen molar-refractivity contribution in [3.8, 4) is 11.5 Å². The number of hydrogen-bond acceptors (Lipinski definition) is 6. The highest BCUT2D eigenvalue weighted by Crippen LogP contribution is 2.39. The van der Waals surface area contributed by atoms with Gasteiger partial charge in [0.15, 0.2) is 11.5 Å². The molecular formula is C16H19NO6. The highest BCUT2D eigenvalue weighted by atomic mass is 16.5. The van der Waals surface area contributed by atoms with Crippen LogP contribution in [0.3, 0.4) is 0 Å². The van der Waals surface area contributed by atoms with Crippen LogP contribution in [0.2, 0.25) is 0 Å². The fourth-order valence-corrected chi connectivity index (χ4v) is 2.54. The van der Waals surface area contributed by atoms with E-state index in [0.717, 1.165) is 0 Å². The molecule has 1 aromatic carbocycles. The number of aliphatic hydroxyl groups is 1. The van der Waals surface area contributed by atoms with Gasteiger partial charge in [-0.2, -0.15) is 0 Å². The summed E-state index contributed by atoms with van der Waals surface area (Å²) in [5.74, 6) is -0.627. The van der Waals surface area contributed by atoms with Crippen LogP contribution in [0.5, 0.6) is 11.5 Å². The molecule has 1 amide bonds. The van der Waals surface area contributed by atoms with E-state index in [-0.39, 0.29) is 34.8 Å². The Balaban J connectivity index is 2.65. The molecule has 2 rings (SSSR count). The number of ether oxygens (including phenoxy) is 3. The quantitative estimate of drug-likeness (QED) is 0.812. The Kier molecular flexibility index (Phi) is 4.90. The topological polar surface area (TPSA) is 94.1 Å². The number of esters is 1. The summed E-state index contributed by atoms with van der Waals surface area (Å²) in [5, 5.41) is 13.2. The molecule has 0 aliphatic carbocycles. The Bertz CT molecular complexity index is 679. The van der Waals surface area contributed by atoms with Gasteiger partial charge in [-0.1, -0.05) is 6.07 Å². The van der Waals surface area contributed by atoms with Crippen molar-refractivity contribution in [1.29, 1.82) is 0 Å². The van der Waals surface area contributed by atoms with Crippen molar-refractivity contribution >= 4 is 11.9 Å². The minimum atomic E-state index is -1.32. The first kappa shape index (κ1) is 16.8. The lowest BCUT2D eigenvalue weighted by molar-refractivity contribution is -0.139. The second-order valence-corrected chi connectivity index (χ2v) is 4.88. The molecule has 1 aliphatic rings. The number of nitrogens with one attached hydrogen (secondary N) is 1. The molecule has 1 aromatic rings. The van der Waals surface area contributed by atoms with Crippen molar-refractivity contribution < 1.29 is 28.9 Å². The van der Waals surface area contributed by atoms with Crippen LogP contribution in [0.25, 0.3) is 0 Å². The molecule has 7 nitrogen and oxygen atoms in total. The van der Waals surface area contributed by atoms with Gasteiger partial charge in [0.1, 0.15) is 6.10 Å². The molecule has 0 radical (unpaired) electrons. The van der Waals surface area contributed by atoms with Gasteiger partial charge in [0.25, 0.3) is 5.91 Å². The van der Waals surface area contributed by atoms with Gasteiger partial charge in [0.2, 0.25) is 0 Å². The average Bonchev–Trinajstić information content (AvgIpc) is 2.61. The number of fused-ring (bicyclic) bond motifs is 1. The minimum Gasteiger partial charge on any atom is -0.493 e. The zero-order chi connectivity index (χ0) is 17.1. The Morgan fingerprint density at radius 3 is 2.57 bits per heavy atom. The molecule has 0 fully saturated rings. The Hall–Kier alpha value is -2.54. The molecule has 124 valence electrons. The zero-order valence-electron chi connectivity index (χ0n) is 13.4. The van der Waals surface area contributed by atoms with E-state index >= 15 is 0 Å². The van der Waals surface area contributed by atoms with Gasteiger partial charge in [-0.05, 0) is 19.9 Å². The fourth-order valence-electron chi connectivity index (χ4n) is 2.54. The highest BCUT2D eigenvalue weighted by molar-refractivity contribution is 6.03. The van der Waals surface area contributed by atoms with Crippen LogP contribution in [0, 0.1) is 0 Å². The van der Waals surface area contributed by atoms with E-state index in [9.17, 15) is 14.7 Å². The lowest BCUT2D eigenvalue weighted by atomic mass is 9.96. The number of methoxy groups -OCH3 is 2. The third-order valence-electron chi connectivity index (χ3n) is 3.57. The smallest absolute Gasteiger partial charge is 0.338 e. The third kappa shape index (κ3) is 2.87. The zero-order valence-corrected chi connectivity index (χ0v) is 13.4. The van der Waals surface area contributed by atoms with Crippen molar-refractivity contribution in [3.63, 3.8) is 0 Å². The number of benzene rings is 1. The van der Waals surface area contributed by atoms with Gasteiger partial charge in [-0.15, -0.1) is 0 Å². The normalized spacial score (nSPS) is 17.1. The maximum Gasteiger partial charge on any atom is 0.338 e. The van der Waals surface area contributed by atoms with Gasteiger partial charge in [-0.25, -0.2) is 4.79 Å². The summed E-state index contributed by atoms with van der Waals surface area (Å²) < 4.78 is 15.4. The number of carbonyl (C=O) groups is 2. The van der Waals surface area contributed by atoms with Crippen molar-refractivity contribution in [3.05, 3.63) is 34.5 Å². The van der Waals surface area contributed by atoms with Crippen molar-refractivity contribution in [2.24, 2.45) is 0 Å². The van der Waals surface area contributed by atoms with Crippen LogP contribution in [0.1, 0.15) is 35.9 Å². The molecule has 1 aliphatic heterocycles. The number of rotatable bonds is 4. The van der Waals surface area contributed by atoms with Crippen LogP contribution in [-0.4, -0.2) is 37.8 Å². The first-order chi connectivity index (χ1) is 11.0. The molecule has 0 saturated carbocycles. The number of carbonyl (C=O) groups excluding carboxylic acids is 2. The first-order valence-corrected chi connectivity index (χ1v) is 7.08. The SMILES string of the molecule is CCOC(=O)C1=C(C)NC(=O)c2c(ccc(OC)c2OC)[C@@H]1O. The number of allylic oxidation sites excluding steroid dienone is 1. The summed E-state index contributed by atoms with van der Waals surface area (Å²) in [4.78, 5) is 24.6. The predicted molar refractivity (Wildman–Crippen MR) is 81.3 cm³/mol. The van der Waals surface area contributed by atoms with Gasteiger partial charge < -0.3 is 24.6 Å². The van der Waals surface area contributed by atoms with Gasteiger partial charge >= 0.3 is 5.97 Å².